The van der Waals surface area contributed by atoms with E-state index < -0.39 is 0 Å². The number of rotatable bonds is 1. The van der Waals surface area contributed by atoms with Crippen LogP contribution in [-0.4, -0.2) is 6.85 Å². The SMILES string of the molecule is Cc1cc2c3c(c1)N(c1cc4c(cc1C)C(C)(C)CCC4(C)C)c1cc4c(cc1B3N1c3ccccc3Oc3cccc-2c31)Oc1ccccc1C4(C)C. The smallest absolute Gasteiger partial charge is 0.333 e. The van der Waals surface area contributed by atoms with E-state index in [0.29, 0.717) is 0 Å². The van der Waals surface area contributed by atoms with Crippen molar-refractivity contribution in [3.05, 3.63) is 137 Å². The molecule has 266 valence electrons. The molecule has 0 N–H and O–H groups in total. The van der Waals surface area contributed by atoms with Crippen LogP contribution in [0.1, 0.15) is 87.8 Å². The molecular formula is C49H45BN2O2. The van der Waals surface area contributed by atoms with Crippen molar-refractivity contribution in [3.63, 3.8) is 0 Å². The van der Waals surface area contributed by atoms with E-state index in [-0.39, 0.29) is 23.1 Å². The van der Waals surface area contributed by atoms with Crippen LogP contribution in [0.5, 0.6) is 23.0 Å². The first-order chi connectivity index (χ1) is 25.8. The first-order valence-corrected chi connectivity index (χ1v) is 19.6. The average Bonchev–Trinajstić information content (AvgIpc) is 3.14. The van der Waals surface area contributed by atoms with Crippen molar-refractivity contribution in [3.8, 4) is 34.1 Å². The number of ether oxygens (including phenoxy) is 2. The molecule has 0 atom stereocenters. The van der Waals surface area contributed by atoms with E-state index >= 15 is 0 Å². The summed E-state index contributed by atoms with van der Waals surface area (Å²) in [6, 6.07) is 38.3. The minimum atomic E-state index is -0.266. The Kier molecular flexibility index (Phi) is 6.18. The lowest BCUT2D eigenvalue weighted by atomic mass is 9.43. The molecule has 4 heterocycles. The molecule has 5 heteroatoms. The molecule has 0 spiro atoms. The van der Waals surface area contributed by atoms with Crippen LogP contribution in [0.15, 0.2) is 103 Å². The fourth-order valence-electron chi connectivity index (χ4n) is 10.5. The molecule has 0 radical (unpaired) electrons. The highest BCUT2D eigenvalue weighted by Gasteiger charge is 2.50. The number of anilines is 5. The summed E-state index contributed by atoms with van der Waals surface area (Å²) in [5.41, 5.74) is 18.8. The lowest BCUT2D eigenvalue weighted by molar-refractivity contribution is 0.332. The van der Waals surface area contributed by atoms with Crippen molar-refractivity contribution < 1.29 is 9.47 Å². The van der Waals surface area contributed by atoms with Crippen molar-refractivity contribution >= 4 is 46.2 Å². The Bertz CT molecular complexity index is 2650. The Morgan fingerprint density at radius 1 is 0.537 bits per heavy atom. The van der Waals surface area contributed by atoms with E-state index in [1.54, 1.807) is 0 Å². The number of aryl methyl sites for hydroxylation is 2. The Balaban J connectivity index is 1.27. The van der Waals surface area contributed by atoms with Crippen LogP contribution in [0.2, 0.25) is 0 Å². The van der Waals surface area contributed by atoms with Crippen molar-refractivity contribution in [2.24, 2.45) is 0 Å². The summed E-state index contributed by atoms with van der Waals surface area (Å²) in [6.45, 7) is 18.9. The fourth-order valence-corrected chi connectivity index (χ4v) is 10.5. The maximum Gasteiger partial charge on any atom is 0.333 e. The van der Waals surface area contributed by atoms with Gasteiger partial charge in [-0.25, -0.2) is 0 Å². The molecule has 0 saturated carbocycles. The molecule has 0 fully saturated rings. The molecule has 54 heavy (non-hydrogen) atoms. The zero-order valence-corrected chi connectivity index (χ0v) is 32.5. The van der Waals surface area contributed by atoms with Crippen molar-refractivity contribution in [2.75, 3.05) is 9.71 Å². The second-order valence-electron chi connectivity index (χ2n) is 18.2. The fraction of sp³-hybridized carbons (Fsp3) is 0.265. The van der Waals surface area contributed by atoms with E-state index in [1.807, 2.05) is 0 Å². The number of hydrogen-bond acceptors (Lipinski definition) is 4. The molecule has 1 aliphatic carbocycles. The van der Waals surface area contributed by atoms with E-state index in [0.717, 1.165) is 34.4 Å². The molecule has 4 aliphatic heterocycles. The zero-order valence-electron chi connectivity index (χ0n) is 32.5. The topological polar surface area (TPSA) is 24.9 Å². The van der Waals surface area contributed by atoms with Crippen molar-refractivity contribution in [2.45, 2.75) is 84.5 Å². The van der Waals surface area contributed by atoms with Crippen LogP contribution in [0.3, 0.4) is 0 Å². The highest BCUT2D eigenvalue weighted by Crippen LogP contribution is 2.57. The molecule has 6 aromatic carbocycles. The molecular weight excluding hydrogens is 659 g/mol. The van der Waals surface area contributed by atoms with Crippen molar-refractivity contribution in [1.82, 2.24) is 0 Å². The molecule has 11 rings (SSSR count). The summed E-state index contributed by atoms with van der Waals surface area (Å²) < 4.78 is 13.6. The number of hydrogen-bond donors (Lipinski definition) is 0. The van der Waals surface area contributed by atoms with Crippen LogP contribution in [0, 0.1) is 13.8 Å². The lowest BCUT2D eigenvalue weighted by Gasteiger charge is -2.49. The van der Waals surface area contributed by atoms with E-state index in [1.165, 1.54) is 85.3 Å². The molecule has 0 saturated heterocycles. The zero-order chi connectivity index (χ0) is 37.1. The normalized spacial score (nSPS) is 18.1. The summed E-state index contributed by atoms with van der Waals surface area (Å²) in [6.07, 6.45) is 2.36. The Hall–Kier alpha value is -5.42. The first kappa shape index (κ1) is 32.1. The molecule has 0 amide bonds. The van der Waals surface area contributed by atoms with Gasteiger partial charge in [0.05, 0.1) is 11.4 Å². The van der Waals surface area contributed by atoms with Crippen LogP contribution in [-0.2, 0) is 16.2 Å². The van der Waals surface area contributed by atoms with Crippen LogP contribution < -0.4 is 30.1 Å². The summed E-state index contributed by atoms with van der Waals surface area (Å²) in [5, 5.41) is 0. The predicted octanol–water partition coefficient (Wildman–Crippen LogP) is 11.9. The predicted molar refractivity (Wildman–Crippen MR) is 224 cm³/mol. The highest BCUT2D eigenvalue weighted by atomic mass is 16.5. The third-order valence-electron chi connectivity index (χ3n) is 13.5. The highest BCUT2D eigenvalue weighted by molar-refractivity contribution is 6.93. The molecule has 0 bridgehead atoms. The summed E-state index contributed by atoms with van der Waals surface area (Å²) in [7, 11) is 0. The van der Waals surface area contributed by atoms with Gasteiger partial charge in [0.1, 0.15) is 17.2 Å². The van der Waals surface area contributed by atoms with E-state index in [4.69, 9.17) is 9.47 Å². The number of nitrogens with zero attached hydrogens (tertiary/aromatic N) is 2. The largest absolute Gasteiger partial charge is 0.457 e. The van der Waals surface area contributed by atoms with Crippen molar-refractivity contribution in [1.29, 1.82) is 0 Å². The van der Waals surface area contributed by atoms with Gasteiger partial charge < -0.3 is 19.2 Å². The summed E-state index contributed by atoms with van der Waals surface area (Å²) in [5.74, 6) is 3.63. The number of para-hydroxylation sites is 4. The van der Waals surface area contributed by atoms with Gasteiger partial charge in [-0.3, -0.25) is 0 Å². The van der Waals surface area contributed by atoms with Gasteiger partial charge in [0.2, 0.25) is 0 Å². The van der Waals surface area contributed by atoms with Gasteiger partial charge in [-0.1, -0.05) is 96.1 Å². The Morgan fingerprint density at radius 3 is 2.00 bits per heavy atom. The van der Waals surface area contributed by atoms with Gasteiger partial charge in [-0.2, -0.15) is 0 Å². The van der Waals surface area contributed by atoms with Gasteiger partial charge in [-0.05, 0) is 125 Å². The monoisotopic (exact) mass is 704 g/mol. The second-order valence-corrected chi connectivity index (χ2v) is 18.2. The van der Waals surface area contributed by atoms with Gasteiger partial charge in [0, 0.05) is 39.2 Å². The Morgan fingerprint density at radius 2 is 1.20 bits per heavy atom. The quantitative estimate of drug-likeness (QED) is 0.159. The standard InChI is InChI=1S/C49H45BN2O2/c1-28-22-31-30-14-13-19-43-46(30)52(37-16-10-12-18-42(37)54-43)50-36-27-44-35(49(7,8)32-15-9-11-17-41(32)53-44)26-39(36)51(40(23-28)45(31)50)38-25-34-33(24-29(38)2)47(3,4)20-21-48(34,5)6/h9-19,22-27H,20-21H2,1-8H3. The van der Waals surface area contributed by atoms with Gasteiger partial charge >= 0.3 is 6.85 Å². The van der Waals surface area contributed by atoms with E-state index in [9.17, 15) is 0 Å². The summed E-state index contributed by atoms with van der Waals surface area (Å²) in [4.78, 5) is 5.17. The third kappa shape index (κ3) is 4.10. The first-order valence-electron chi connectivity index (χ1n) is 19.6. The minimum Gasteiger partial charge on any atom is -0.457 e. The molecule has 0 aromatic heterocycles. The van der Waals surface area contributed by atoms with Gasteiger partial charge in [-0.15, -0.1) is 0 Å². The lowest BCUT2D eigenvalue weighted by Crippen LogP contribution is -2.62. The van der Waals surface area contributed by atoms with Crippen LogP contribution in [0.4, 0.5) is 28.4 Å². The van der Waals surface area contributed by atoms with Gasteiger partial charge in [0.25, 0.3) is 0 Å². The maximum atomic E-state index is 6.90. The molecule has 4 nitrogen and oxygen atoms in total. The number of fused-ring (bicyclic) bond motifs is 9. The van der Waals surface area contributed by atoms with Gasteiger partial charge in [0.15, 0.2) is 5.75 Å². The molecule has 5 aliphatic rings. The maximum absolute atomic E-state index is 6.90. The minimum absolute atomic E-state index is 0.0722. The average molecular weight is 705 g/mol. The van der Waals surface area contributed by atoms with Crippen LogP contribution in [0.25, 0.3) is 11.1 Å². The number of benzene rings is 6. The molecule has 6 aromatic rings. The third-order valence-corrected chi connectivity index (χ3v) is 13.5. The van der Waals surface area contributed by atoms with Crippen LogP contribution >= 0.6 is 0 Å². The molecule has 0 unspecified atom stereocenters. The second kappa shape index (κ2) is 10.4. The summed E-state index contributed by atoms with van der Waals surface area (Å²) >= 11 is 0. The van der Waals surface area contributed by atoms with E-state index in [2.05, 4.69) is 168 Å². The Labute approximate surface area is 319 Å².